The average molecular weight is 433 g/mol. The molecule has 4 aromatic carbocycles. The molecule has 0 amide bonds. The molecule has 0 heterocycles. The first kappa shape index (κ1) is 22.1. The lowest BCUT2D eigenvalue weighted by Gasteiger charge is -2.04. The molecule has 0 radical (unpaired) electrons. The van der Waals surface area contributed by atoms with Gasteiger partial charge >= 0.3 is 0 Å². The van der Waals surface area contributed by atoms with E-state index in [1.807, 2.05) is 0 Å². The molecule has 0 aliphatic rings. The largest absolute Gasteiger partial charge is 0.508 e. The van der Waals surface area contributed by atoms with E-state index in [1.54, 1.807) is 0 Å². The van der Waals surface area contributed by atoms with Gasteiger partial charge in [-0.15, -0.1) is 0 Å². The second-order valence-electron chi connectivity index (χ2n) is 7.22. The highest BCUT2D eigenvalue weighted by Gasteiger charge is 2.17. The van der Waals surface area contributed by atoms with Crippen LogP contribution in [0.3, 0.4) is 0 Å². The number of rotatable bonds is 3. The van der Waals surface area contributed by atoms with Gasteiger partial charge in [-0.05, 0) is 73.5 Å². The molecule has 0 aromatic heterocycles. The van der Waals surface area contributed by atoms with Gasteiger partial charge in [0.15, 0.2) is 0 Å². The van der Waals surface area contributed by atoms with Crippen LogP contribution in [-0.4, -0.2) is 18.6 Å². The smallest absolute Gasteiger partial charge is 0.206 e. The Balaban J connectivity index is 0.000000179. The number of phenolic OH excluding ortho intramolecular Hbond substituents is 2. The zero-order valence-corrected chi connectivity index (χ0v) is 18.2. The molecule has 0 aliphatic heterocycles. The molecule has 2 N–H and O–H groups in total. The van der Waals surface area contributed by atoms with Crippen molar-refractivity contribution in [3.05, 3.63) is 108 Å². The minimum Gasteiger partial charge on any atom is -0.508 e. The normalized spacial score (nSPS) is 10.8. The highest BCUT2D eigenvalue weighted by molar-refractivity contribution is 7.91. The third-order valence-electron chi connectivity index (χ3n) is 4.73. The first-order valence-corrected chi connectivity index (χ1v) is 11.2. The molecule has 31 heavy (non-hydrogen) atoms. The van der Waals surface area contributed by atoms with Gasteiger partial charge in [-0.1, -0.05) is 59.7 Å². The molecular formula is C26H24O4S. The second kappa shape index (κ2) is 9.49. The number of sulfone groups is 1. The molecule has 4 rings (SSSR count). The van der Waals surface area contributed by atoms with Crippen LogP contribution in [0.15, 0.2) is 107 Å². The Morgan fingerprint density at radius 1 is 0.484 bits per heavy atom. The number of hydrogen-bond donors (Lipinski definition) is 2. The lowest BCUT2D eigenvalue weighted by atomic mass is 10.0. The minimum atomic E-state index is -3.59. The maximum absolute atomic E-state index is 12.1. The van der Waals surface area contributed by atoms with Crippen LogP contribution in [0.5, 0.6) is 11.5 Å². The summed E-state index contributed by atoms with van der Waals surface area (Å²) in [4.78, 5) is 0.196. The van der Waals surface area contributed by atoms with Crippen molar-refractivity contribution in [3.63, 3.8) is 0 Å². The first-order valence-electron chi connectivity index (χ1n) is 9.72. The fraction of sp³-hybridized carbons (Fsp3) is 0.0769. The van der Waals surface area contributed by atoms with E-state index in [9.17, 15) is 8.42 Å². The first-order chi connectivity index (χ1) is 14.8. The third kappa shape index (κ3) is 5.74. The van der Waals surface area contributed by atoms with Crippen molar-refractivity contribution in [1.82, 2.24) is 0 Å². The second-order valence-corrected chi connectivity index (χ2v) is 9.17. The van der Waals surface area contributed by atoms with Crippen molar-refractivity contribution in [2.75, 3.05) is 0 Å². The lowest BCUT2D eigenvalue weighted by molar-refractivity contribution is 0.474. The summed E-state index contributed by atoms with van der Waals surface area (Å²) in [5.74, 6) is 0.0179. The number of benzene rings is 4. The summed E-state index contributed by atoms with van der Waals surface area (Å²) in [7, 11) is -3.59. The van der Waals surface area contributed by atoms with E-state index in [1.165, 1.54) is 70.8 Å². The van der Waals surface area contributed by atoms with Gasteiger partial charge in [0.1, 0.15) is 11.5 Å². The maximum Gasteiger partial charge on any atom is 0.206 e. The van der Waals surface area contributed by atoms with E-state index in [4.69, 9.17) is 10.2 Å². The SMILES string of the molecule is Cc1ccc(-c2ccc(C)cc2)cc1.O=S(=O)(c1ccc(O)cc1)c1ccc(O)cc1. The molecule has 0 atom stereocenters. The highest BCUT2D eigenvalue weighted by atomic mass is 32.2. The fourth-order valence-corrected chi connectivity index (χ4v) is 4.14. The number of aryl methyl sites for hydroxylation is 2. The molecule has 4 aromatic rings. The van der Waals surface area contributed by atoms with E-state index in [0.717, 1.165) is 0 Å². The summed E-state index contributed by atoms with van der Waals surface area (Å²) in [5, 5.41) is 18.2. The summed E-state index contributed by atoms with van der Waals surface area (Å²) in [6.07, 6.45) is 0. The number of hydrogen-bond acceptors (Lipinski definition) is 4. The predicted molar refractivity (Wildman–Crippen MR) is 123 cm³/mol. The van der Waals surface area contributed by atoms with Crippen LogP contribution in [-0.2, 0) is 9.84 Å². The van der Waals surface area contributed by atoms with Gasteiger partial charge in [-0.25, -0.2) is 8.42 Å². The van der Waals surface area contributed by atoms with E-state index < -0.39 is 9.84 Å². The standard InChI is InChI=1S/C14H14.C12H10O4S/c1-11-3-7-13(8-4-11)14-9-5-12(2)6-10-14;13-9-1-5-11(6-2-9)17(15,16)12-7-3-10(14)4-8-12/h3-10H,1-2H3;1-8,13-14H. The van der Waals surface area contributed by atoms with E-state index >= 15 is 0 Å². The Morgan fingerprint density at radius 2 is 0.774 bits per heavy atom. The molecule has 0 aliphatic carbocycles. The van der Waals surface area contributed by atoms with Gasteiger partial charge in [-0.3, -0.25) is 0 Å². The summed E-state index contributed by atoms with van der Waals surface area (Å²) >= 11 is 0. The average Bonchev–Trinajstić information content (AvgIpc) is 2.76. The Bertz CT molecular complexity index is 1130. The maximum atomic E-state index is 12.1. The van der Waals surface area contributed by atoms with Crippen molar-refractivity contribution in [2.24, 2.45) is 0 Å². The van der Waals surface area contributed by atoms with E-state index in [0.29, 0.717) is 0 Å². The Labute approximate surface area is 183 Å². The molecule has 4 nitrogen and oxygen atoms in total. The summed E-state index contributed by atoms with van der Waals surface area (Å²) in [6.45, 7) is 4.22. The molecule has 5 heteroatoms. The van der Waals surface area contributed by atoms with Crippen molar-refractivity contribution in [1.29, 1.82) is 0 Å². The van der Waals surface area contributed by atoms with Crippen LogP contribution >= 0.6 is 0 Å². The molecule has 0 spiro atoms. The topological polar surface area (TPSA) is 74.6 Å². The Hall–Kier alpha value is -3.57. The highest BCUT2D eigenvalue weighted by Crippen LogP contribution is 2.24. The van der Waals surface area contributed by atoms with Gasteiger partial charge in [-0.2, -0.15) is 0 Å². The van der Waals surface area contributed by atoms with Gasteiger partial charge in [0.05, 0.1) is 9.79 Å². The molecular weight excluding hydrogens is 408 g/mol. The summed E-state index contributed by atoms with van der Waals surface area (Å²) in [6, 6.07) is 27.8. The molecule has 0 unspecified atom stereocenters. The fourth-order valence-electron chi connectivity index (χ4n) is 2.88. The van der Waals surface area contributed by atoms with E-state index in [-0.39, 0.29) is 21.3 Å². The van der Waals surface area contributed by atoms with Crippen LogP contribution in [0.25, 0.3) is 11.1 Å². The van der Waals surface area contributed by atoms with E-state index in [2.05, 4.69) is 62.4 Å². The number of aromatic hydroxyl groups is 2. The van der Waals surface area contributed by atoms with Crippen molar-refractivity contribution >= 4 is 9.84 Å². The monoisotopic (exact) mass is 432 g/mol. The molecule has 0 saturated carbocycles. The van der Waals surface area contributed by atoms with Crippen molar-refractivity contribution in [2.45, 2.75) is 23.6 Å². The molecule has 158 valence electrons. The van der Waals surface area contributed by atoms with Crippen LogP contribution in [0.4, 0.5) is 0 Å². The zero-order chi connectivity index (χ0) is 22.4. The summed E-state index contributed by atoms with van der Waals surface area (Å²) in [5.41, 5.74) is 5.19. The van der Waals surface area contributed by atoms with Crippen molar-refractivity contribution < 1.29 is 18.6 Å². The quantitative estimate of drug-likeness (QED) is 0.423. The lowest BCUT2D eigenvalue weighted by Crippen LogP contribution is -2.01. The van der Waals surface area contributed by atoms with Crippen LogP contribution in [0.1, 0.15) is 11.1 Å². The molecule has 0 fully saturated rings. The van der Waals surface area contributed by atoms with Gasteiger partial charge in [0, 0.05) is 0 Å². The zero-order valence-electron chi connectivity index (χ0n) is 17.4. The van der Waals surface area contributed by atoms with Crippen LogP contribution in [0.2, 0.25) is 0 Å². The minimum absolute atomic E-state index is 0.00894. The number of phenols is 2. The predicted octanol–water partition coefficient (Wildman–Crippen LogP) is 5.90. The van der Waals surface area contributed by atoms with Gasteiger partial charge in [0.25, 0.3) is 0 Å². The van der Waals surface area contributed by atoms with Gasteiger partial charge in [0.2, 0.25) is 9.84 Å². The van der Waals surface area contributed by atoms with Crippen LogP contribution in [0, 0.1) is 13.8 Å². The Morgan fingerprint density at radius 3 is 1.06 bits per heavy atom. The molecule has 0 saturated heterocycles. The summed E-state index contributed by atoms with van der Waals surface area (Å²) < 4.78 is 24.2. The van der Waals surface area contributed by atoms with Gasteiger partial charge < -0.3 is 10.2 Å². The Kier molecular flexibility index (Phi) is 6.78. The molecule has 0 bridgehead atoms. The van der Waals surface area contributed by atoms with Crippen molar-refractivity contribution in [3.8, 4) is 22.6 Å². The van der Waals surface area contributed by atoms with Crippen LogP contribution < -0.4 is 0 Å². The third-order valence-corrected chi connectivity index (χ3v) is 6.52.